The lowest BCUT2D eigenvalue weighted by atomic mass is 10.1. The smallest absolute Gasteiger partial charge is 0.184 e. The van der Waals surface area contributed by atoms with E-state index in [2.05, 4.69) is 29.7 Å². The molecule has 5 heteroatoms. The molecule has 0 saturated carbocycles. The average molecular weight is 249 g/mol. The van der Waals surface area contributed by atoms with Gasteiger partial charge in [-0.1, -0.05) is 35.4 Å². The summed E-state index contributed by atoms with van der Waals surface area (Å²) < 4.78 is 5.99. The van der Waals surface area contributed by atoms with Gasteiger partial charge >= 0.3 is 0 Å². The van der Waals surface area contributed by atoms with E-state index in [-0.39, 0.29) is 0 Å². The van der Waals surface area contributed by atoms with Crippen LogP contribution in [0.25, 0.3) is 10.4 Å². The van der Waals surface area contributed by atoms with Crippen LogP contribution in [0.2, 0.25) is 19.6 Å². The zero-order valence-electron chi connectivity index (χ0n) is 10.8. The van der Waals surface area contributed by atoms with Gasteiger partial charge in [0.15, 0.2) is 8.32 Å². The molecular formula is C12H19N3OSi. The molecule has 0 aliphatic rings. The highest BCUT2D eigenvalue weighted by Gasteiger charge is 2.30. The number of nitrogens with zero attached hydrogens (tertiary/aromatic N) is 3. The van der Waals surface area contributed by atoms with E-state index in [0.717, 1.165) is 5.56 Å². The van der Waals surface area contributed by atoms with E-state index in [1.807, 2.05) is 37.3 Å². The minimum absolute atomic E-state index is 0.599. The first-order valence-electron chi connectivity index (χ1n) is 5.65. The number of benzene rings is 1. The molecule has 0 N–H and O–H groups in total. The minimum atomic E-state index is -1.75. The van der Waals surface area contributed by atoms with Crippen molar-refractivity contribution in [2.75, 3.05) is 0 Å². The Morgan fingerprint density at radius 2 is 1.88 bits per heavy atom. The lowest BCUT2D eigenvalue weighted by molar-refractivity contribution is 0.0885. The molecule has 1 aromatic carbocycles. The van der Waals surface area contributed by atoms with Crippen LogP contribution in [-0.4, -0.2) is 14.0 Å². The number of hydrogen-bond donors (Lipinski definition) is 0. The zero-order chi connectivity index (χ0) is 12.9. The summed E-state index contributed by atoms with van der Waals surface area (Å²) in [6, 6.07) is 9.94. The Morgan fingerprint density at radius 3 is 2.35 bits per heavy atom. The Hall–Kier alpha value is -1.29. The van der Waals surface area contributed by atoms with E-state index in [1.54, 1.807) is 0 Å². The summed E-state index contributed by atoms with van der Waals surface area (Å²) >= 11 is 0. The predicted molar refractivity (Wildman–Crippen MR) is 72.1 cm³/mol. The minimum Gasteiger partial charge on any atom is -0.406 e. The summed E-state index contributed by atoms with van der Waals surface area (Å²) in [4.78, 5) is 2.91. The fraction of sp³-hybridized carbons (Fsp3) is 0.500. The summed E-state index contributed by atoms with van der Waals surface area (Å²) in [6.45, 7) is 8.10. The fourth-order valence-electron chi connectivity index (χ4n) is 1.82. The van der Waals surface area contributed by atoms with Gasteiger partial charge in [-0.2, -0.15) is 0 Å². The van der Waals surface area contributed by atoms with E-state index >= 15 is 0 Å². The van der Waals surface area contributed by atoms with E-state index in [4.69, 9.17) is 9.96 Å². The molecule has 0 aliphatic carbocycles. The molecule has 92 valence electrons. The molecule has 0 heterocycles. The van der Waals surface area contributed by atoms with Crippen molar-refractivity contribution in [3.63, 3.8) is 0 Å². The zero-order valence-corrected chi connectivity index (χ0v) is 11.8. The van der Waals surface area contributed by atoms with Crippen molar-refractivity contribution in [1.29, 1.82) is 0 Å². The van der Waals surface area contributed by atoms with Gasteiger partial charge in [0, 0.05) is 11.3 Å². The van der Waals surface area contributed by atoms with Crippen LogP contribution in [0.5, 0.6) is 0 Å². The summed E-state index contributed by atoms with van der Waals surface area (Å²) in [5.74, 6) is 0. The topological polar surface area (TPSA) is 58.0 Å². The molecule has 0 fully saturated rings. The van der Waals surface area contributed by atoms with Crippen molar-refractivity contribution in [3.8, 4) is 0 Å². The highest BCUT2D eigenvalue weighted by Crippen LogP contribution is 2.24. The standard InChI is InChI=1S/C12H19N3OSi/c1-12(14-15-13,16-17(2,3)4)10-11-8-6-5-7-9-11/h5-9H,10H2,1-4H3. The van der Waals surface area contributed by atoms with Gasteiger partial charge in [-0.25, -0.2) is 0 Å². The van der Waals surface area contributed by atoms with Crippen LogP contribution in [-0.2, 0) is 10.8 Å². The van der Waals surface area contributed by atoms with Gasteiger partial charge < -0.3 is 4.43 Å². The van der Waals surface area contributed by atoms with Gasteiger partial charge in [0.05, 0.1) is 0 Å². The van der Waals surface area contributed by atoms with Crippen molar-refractivity contribution in [2.45, 2.75) is 38.7 Å². The van der Waals surface area contributed by atoms with Crippen LogP contribution in [0.15, 0.2) is 35.4 Å². The molecule has 0 spiro atoms. The lowest BCUT2D eigenvalue weighted by Crippen LogP contribution is -2.40. The summed E-state index contributed by atoms with van der Waals surface area (Å²) in [5.41, 5.74) is 8.99. The Morgan fingerprint density at radius 1 is 1.29 bits per heavy atom. The van der Waals surface area contributed by atoms with Crippen molar-refractivity contribution >= 4 is 8.32 Å². The normalized spacial score (nSPS) is 14.8. The number of rotatable bonds is 5. The first kappa shape index (κ1) is 13.8. The second-order valence-corrected chi connectivity index (χ2v) is 9.67. The van der Waals surface area contributed by atoms with Crippen LogP contribution in [0.3, 0.4) is 0 Å². The van der Waals surface area contributed by atoms with Gasteiger partial charge in [-0.15, -0.1) is 0 Å². The molecule has 4 nitrogen and oxygen atoms in total. The molecule has 1 rings (SSSR count). The quantitative estimate of drug-likeness (QED) is 0.335. The molecule has 0 aromatic heterocycles. The third kappa shape index (κ3) is 5.04. The highest BCUT2D eigenvalue weighted by atomic mass is 28.4. The largest absolute Gasteiger partial charge is 0.406 e. The van der Waals surface area contributed by atoms with Crippen LogP contribution in [0.1, 0.15) is 12.5 Å². The molecular weight excluding hydrogens is 230 g/mol. The second kappa shape index (κ2) is 5.36. The van der Waals surface area contributed by atoms with Crippen molar-refractivity contribution < 1.29 is 4.43 Å². The fourth-order valence-corrected chi connectivity index (χ4v) is 3.25. The molecule has 0 saturated heterocycles. The molecule has 1 unspecified atom stereocenters. The molecule has 0 bridgehead atoms. The van der Waals surface area contributed by atoms with E-state index in [9.17, 15) is 0 Å². The van der Waals surface area contributed by atoms with Crippen molar-refractivity contribution in [1.82, 2.24) is 0 Å². The van der Waals surface area contributed by atoms with Gasteiger partial charge in [0.2, 0.25) is 0 Å². The summed E-state index contributed by atoms with van der Waals surface area (Å²) in [7, 11) is -1.75. The van der Waals surface area contributed by atoms with Gasteiger partial charge in [-0.3, -0.25) is 0 Å². The molecule has 17 heavy (non-hydrogen) atoms. The number of hydrogen-bond acceptors (Lipinski definition) is 2. The Balaban J connectivity index is 2.89. The third-order valence-corrected chi connectivity index (χ3v) is 3.21. The van der Waals surface area contributed by atoms with Crippen LogP contribution >= 0.6 is 0 Å². The molecule has 1 aromatic rings. The molecule has 0 amide bonds. The highest BCUT2D eigenvalue weighted by molar-refractivity contribution is 6.69. The predicted octanol–water partition coefficient (Wildman–Crippen LogP) is 4.11. The average Bonchev–Trinajstić information content (AvgIpc) is 2.15. The first-order chi connectivity index (χ1) is 7.85. The third-order valence-electron chi connectivity index (χ3n) is 2.16. The van der Waals surface area contributed by atoms with Gasteiger partial charge in [0.1, 0.15) is 5.72 Å². The van der Waals surface area contributed by atoms with E-state index in [0.29, 0.717) is 6.42 Å². The molecule has 0 aliphatic heterocycles. The first-order valence-corrected chi connectivity index (χ1v) is 9.06. The van der Waals surface area contributed by atoms with E-state index in [1.165, 1.54) is 0 Å². The summed E-state index contributed by atoms with van der Waals surface area (Å²) in [5, 5.41) is 3.83. The second-order valence-electron chi connectivity index (χ2n) is 5.24. The van der Waals surface area contributed by atoms with Crippen LogP contribution < -0.4 is 0 Å². The van der Waals surface area contributed by atoms with Crippen molar-refractivity contribution in [3.05, 3.63) is 46.3 Å². The summed E-state index contributed by atoms with van der Waals surface area (Å²) in [6.07, 6.45) is 0.599. The molecule has 0 radical (unpaired) electrons. The maximum absolute atomic E-state index is 8.67. The van der Waals surface area contributed by atoms with Gasteiger partial charge in [-0.05, 0) is 37.7 Å². The maximum Gasteiger partial charge on any atom is 0.184 e. The van der Waals surface area contributed by atoms with Crippen molar-refractivity contribution in [2.24, 2.45) is 5.11 Å². The van der Waals surface area contributed by atoms with Crippen LogP contribution in [0, 0.1) is 0 Å². The van der Waals surface area contributed by atoms with E-state index < -0.39 is 14.0 Å². The van der Waals surface area contributed by atoms with Crippen LogP contribution in [0.4, 0.5) is 0 Å². The monoisotopic (exact) mass is 249 g/mol. The lowest BCUT2D eigenvalue weighted by Gasteiger charge is -2.32. The maximum atomic E-state index is 8.67. The Labute approximate surface area is 103 Å². The van der Waals surface area contributed by atoms with Gasteiger partial charge in [0.25, 0.3) is 0 Å². The number of azide groups is 1. The Kier molecular flexibility index (Phi) is 4.34. The Bertz CT molecular complexity index is 410. The molecule has 1 atom stereocenters. The SMILES string of the molecule is CC(Cc1ccccc1)(N=[N+]=[N-])O[Si](C)(C)C.